The van der Waals surface area contributed by atoms with E-state index in [0.29, 0.717) is 0 Å². The first-order chi connectivity index (χ1) is 9.11. The smallest absolute Gasteiger partial charge is 0.213 e. The number of sulfone groups is 1. The van der Waals surface area contributed by atoms with E-state index < -0.39 is 37.4 Å². The zero-order valence-electron chi connectivity index (χ0n) is 11.5. The molecule has 1 atom stereocenters. The van der Waals surface area contributed by atoms with E-state index in [0.717, 1.165) is 38.4 Å². The predicted molar refractivity (Wildman–Crippen MR) is 83.8 cm³/mol. The first-order valence-electron chi connectivity index (χ1n) is 6.58. The molecule has 0 saturated heterocycles. The zero-order chi connectivity index (χ0) is 15.4. The van der Waals surface area contributed by atoms with Gasteiger partial charge >= 0.3 is 0 Å². The second kappa shape index (κ2) is 7.15. The fourth-order valence-electron chi connectivity index (χ4n) is 2.37. The van der Waals surface area contributed by atoms with E-state index in [1.807, 2.05) is 0 Å². The highest BCUT2D eigenvalue weighted by atomic mass is 32.2. The molecule has 3 N–H and O–H groups in total. The van der Waals surface area contributed by atoms with Gasteiger partial charge in [0.2, 0.25) is 10.0 Å². The Balaban J connectivity index is 2.71. The average Bonchev–Trinajstić information content (AvgIpc) is 2.34. The summed E-state index contributed by atoms with van der Waals surface area (Å²) in [6.07, 6.45) is 5.99. The van der Waals surface area contributed by atoms with E-state index in [2.05, 4.69) is 4.72 Å². The second-order valence-corrected chi connectivity index (χ2v) is 9.95. The summed E-state index contributed by atoms with van der Waals surface area (Å²) in [5, 5.41) is 0. The monoisotopic (exact) mass is 342 g/mol. The van der Waals surface area contributed by atoms with Gasteiger partial charge in [0, 0.05) is 6.26 Å². The van der Waals surface area contributed by atoms with Gasteiger partial charge < -0.3 is 5.73 Å². The molecule has 0 amide bonds. The lowest BCUT2D eigenvalue weighted by Crippen LogP contribution is -2.49. The van der Waals surface area contributed by atoms with Crippen LogP contribution in [0, 0.1) is 5.92 Å². The molecule has 0 spiro atoms. The van der Waals surface area contributed by atoms with Crippen LogP contribution < -0.4 is 10.5 Å². The molecule has 1 aliphatic rings. The van der Waals surface area contributed by atoms with Crippen molar-refractivity contribution in [3.8, 4) is 0 Å². The van der Waals surface area contributed by atoms with Crippen molar-refractivity contribution in [3.05, 3.63) is 0 Å². The molecule has 0 bridgehead atoms. The Hall–Kier alpha value is -0.250. The lowest BCUT2D eigenvalue weighted by atomic mass is 9.84. The largest absolute Gasteiger partial charge is 0.392 e. The van der Waals surface area contributed by atoms with E-state index in [1.54, 1.807) is 0 Å². The van der Waals surface area contributed by atoms with Gasteiger partial charge in [0.15, 0.2) is 0 Å². The fraction of sp³-hybridized carbons (Fsp3) is 0.909. The van der Waals surface area contributed by atoms with Crippen LogP contribution in [-0.4, -0.2) is 45.6 Å². The Morgan fingerprint density at radius 2 is 1.75 bits per heavy atom. The number of hydrogen-bond acceptors (Lipinski definition) is 5. The lowest BCUT2D eigenvalue weighted by molar-refractivity contribution is 0.330. The molecule has 0 aromatic rings. The third-order valence-electron chi connectivity index (χ3n) is 3.46. The van der Waals surface area contributed by atoms with E-state index in [-0.39, 0.29) is 10.9 Å². The Kier molecular flexibility index (Phi) is 6.36. The Morgan fingerprint density at radius 3 is 2.20 bits per heavy atom. The molecule has 0 aromatic heterocycles. The minimum atomic E-state index is -3.71. The van der Waals surface area contributed by atoms with Crippen LogP contribution in [0.1, 0.15) is 32.1 Å². The molecule has 6 nitrogen and oxygen atoms in total. The van der Waals surface area contributed by atoms with Gasteiger partial charge in [-0.15, -0.1) is 0 Å². The van der Waals surface area contributed by atoms with Crippen molar-refractivity contribution in [2.45, 2.75) is 38.1 Å². The molecule has 1 saturated carbocycles. The quantitative estimate of drug-likeness (QED) is 0.640. The normalized spacial score (nSPS) is 19.6. The molecule has 1 aliphatic carbocycles. The fourth-order valence-corrected chi connectivity index (χ4v) is 5.61. The number of nitrogens with two attached hydrogens (primary N) is 1. The molecule has 0 aliphatic heterocycles. The van der Waals surface area contributed by atoms with Gasteiger partial charge in [-0.25, -0.2) is 21.6 Å². The Labute approximate surface area is 126 Å². The summed E-state index contributed by atoms with van der Waals surface area (Å²) >= 11 is 4.96. The summed E-state index contributed by atoms with van der Waals surface area (Å²) in [6.45, 7) is 0. The molecular weight excluding hydrogens is 320 g/mol. The van der Waals surface area contributed by atoms with Gasteiger partial charge in [0.1, 0.15) is 9.84 Å². The molecule has 1 fully saturated rings. The topological polar surface area (TPSA) is 106 Å². The Morgan fingerprint density at radius 1 is 1.20 bits per heavy atom. The van der Waals surface area contributed by atoms with Gasteiger partial charge in [0.05, 0.1) is 22.5 Å². The standard InChI is InChI=1S/C11H22N2O4S3/c1-19(14,15)7-8-20(16,17)13-10(11(12)18)9-5-3-2-4-6-9/h9-10,13H,2-8H2,1H3,(H2,12,18). The lowest BCUT2D eigenvalue weighted by Gasteiger charge is -2.29. The van der Waals surface area contributed by atoms with Crippen LogP contribution in [0.3, 0.4) is 0 Å². The van der Waals surface area contributed by atoms with Crippen molar-refractivity contribution < 1.29 is 16.8 Å². The Bertz CT molecular complexity index is 536. The maximum Gasteiger partial charge on any atom is 0.213 e. The third kappa shape index (κ3) is 6.47. The van der Waals surface area contributed by atoms with Gasteiger partial charge in [-0.1, -0.05) is 31.5 Å². The van der Waals surface area contributed by atoms with E-state index in [9.17, 15) is 16.8 Å². The number of nitrogens with one attached hydrogen (secondary N) is 1. The van der Waals surface area contributed by atoms with Crippen LogP contribution in [0.4, 0.5) is 0 Å². The van der Waals surface area contributed by atoms with Crippen LogP contribution in [-0.2, 0) is 19.9 Å². The van der Waals surface area contributed by atoms with E-state index in [1.165, 1.54) is 0 Å². The number of hydrogen-bond donors (Lipinski definition) is 2. The van der Waals surface area contributed by atoms with Crippen LogP contribution in [0.2, 0.25) is 0 Å². The highest BCUT2D eigenvalue weighted by molar-refractivity contribution is 7.93. The number of thiocarbonyl (C=S) groups is 1. The maximum absolute atomic E-state index is 11.9. The molecule has 0 heterocycles. The van der Waals surface area contributed by atoms with Crippen LogP contribution in [0.25, 0.3) is 0 Å². The van der Waals surface area contributed by atoms with Gasteiger partial charge in [-0.2, -0.15) is 0 Å². The molecule has 9 heteroatoms. The summed E-state index contributed by atoms with van der Waals surface area (Å²) in [5.41, 5.74) is 5.64. The first-order valence-corrected chi connectivity index (χ1v) is 10.7. The minimum absolute atomic E-state index is 0.106. The summed E-state index contributed by atoms with van der Waals surface area (Å²) in [7, 11) is -7.03. The second-order valence-electron chi connectivity index (χ2n) is 5.34. The van der Waals surface area contributed by atoms with Crippen molar-refractivity contribution >= 4 is 37.1 Å². The summed E-state index contributed by atoms with van der Waals surface area (Å²) in [5.74, 6) is -0.761. The highest BCUT2D eigenvalue weighted by Crippen LogP contribution is 2.27. The number of sulfonamides is 1. The summed E-state index contributed by atoms with van der Waals surface area (Å²) < 4.78 is 48.5. The molecule has 118 valence electrons. The molecule has 1 unspecified atom stereocenters. The van der Waals surface area contributed by atoms with Crippen LogP contribution >= 0.6 is 12.2 Å². The van der Waals surface area contributed by atoms with E-state index in [4.69, 9.17) is 18.0 Å². The van der Waals surface area contributed by atoms with E-state index >= 15 is 0 Å². The average molecular weight is 343 g/mol. The molecule has 0 aromatic carbocycles. The molecule has 0 radical (unpaired) electrons. The van der Waals surface area contributed by atoms with Crippen LogP contribution in [0.15, 0.2) is 0 Å². The molecule has 20 heavy (non-hydrogen) atoms. The first kappa shape index (κ1) is 17.8. The van der Waals surface area contributed by atoms with Crippen molar-refractivity contribution in [1.29, 1.82) is 0 Å². The van der Waals surface area contributed by atoms with Gasteiger partial charge in [-0.05, 0) is 18.8 Å². The highest BCUT2D eigenvalue weighted by Gasteiger charge is 2.29. The van der Waals surface area contributed by atoms with Gasteiger partial charge in [0.25, 0.3) is 0 Å². The van der Waals surface area contributed by atoms with Crippen molar-refractivity contribution in [1.82, 2.24) is 4.72 Å². The van der Waals surface area contributed by atoms with Crippen molar-refractivity contribution in [2.75, 3.05) is 17.8 Å². The number of rotatable bonds is 7. The van der Waals surface area contributed by atoms with Crippen molar-refractivity contribution in [2.24, 2.45) is 11.7 Å². The molecular formula is C11H22N2O4S3. The summed E-state index contributed by atoms with van der Waals surface area (Å²) in [6, 6.07) is -0.574. The zero-order valence-corrected chi connectivity index (χ0v) is 14.0. The SMILES string of the molecule is CS(=O)(=O)CCS(=O)(=O)NC(C(N)=S)C1CCCCC1. The van der Waals surface area contributed by atoms with Gasteiger partial charge in [-0.3, -0.25) is 0 Å². The molecule has 1 rings (SSSR count). The third-order valence-corrected chi connectivity index (χ3v) is 6.27. The minimum Gasteiger partial charge on any atom is -0.392 e. The summed E-state index contributed by atoms with van der Waals surface area (Å²) in [4.78, 5) is 0.125. The van der Waals surface area contributed by atoms with Crippen molar-refractivity contribution in [3.63, 3.8) is 0 Å². The predicted octanol–water partition coefficient (Wildman–Crippen LogP) is 0.185. The van der Waals surface area contributed by atoms with Crippen LogP contribution in [0.5, 0.6) is 0 Å². The maximum atomic E-state index is 11.9.